The second kappa shape index (κ2) is 11.2. The molecule has 0 radical (unpaired) electrons. The fraction of sp³-hybridized carbons (Fsp3) is 0.375. The van der Waals surface area contributed by atoms with Crippen LogP contribution in [0.2, 0.25) is 0 Å². The molecule has 2 N–H and O–H groups in total. The van der Waals surface area contributed by atoms with Crippen molar-refractivity contribution in [2.45, 2.75) is 26.2 Å². The number of nitrogens with zero attached hydrogens (tertiary/aromatic N) is 1. The van der Waals surface area contributed by atoms with Crippen LogP contribution in [-0.2, 0) is 9.59 Å². The van der Waals surface area contributed by atoms with Gasteiger partial charge in [0, 0.05) is 36.8 Å². The van der Waals surface area contributed by atoms with Gasteiger partial charge in [-0.1, -0.05) is 31.2 Å². The summed E-state index contributed by atoms with van der Waals surface area (Å²) in [5, 5.41) is 5.74. The SMILES string of the molecule is CCCNC(=O)c1cccc(NC(=O)C2CCN(C(=O)COc3ccccc3)CC2)c1. The highest BCUT2D eigenvalue weighted by molar-refractivity contribution is 5.97. The smallest absolute Gasteiger partial charge is 0.260 e. The predicted octanol–water partition coefficient (Wildman–Crippen LogP) is 3.08. The number of anilines is 1. The minimum absolute atomic E-state index is 0.00619. The van der Waals surface area contributed by atoms with Gasteiger partial charge in [-0.25, -0.2) is 0 Å². The van der Waals surface area contributed by atoms with Gasteiger partial charge in [0.25, 0.3) is 11.8 Å². The summed E-state index contributed by atoms with van der Waals surface area (Å²) < 4.78 is 5.53. The van der Waals surface area contributed by atoms with E-state index in [0.717, 1.165) is 6.42 Å². The van der Waals surface area contributed by atoms with Crippen LogP contribution in [0.4, 0.5) is 5.69 Å². The molecule has 2 aromatic rings. The number of para-hydroxylation sites is 1. The molecular weight excluding hydrogens is 394 g/mol. The molecule has 1 aliphatic rings. The summed E-state index contributed by atoms with van der Waals surface area (Å²) in [7, 11) is 0. The normalized spacial score (nSPS) is 14.0. The second-order valence-electron chi connectivity index (χ2n) is 7.58. The molecule has 31 heavy (non-hydrogen) atoms. The van der Waals surface area contributed by atoms with Crippen LogP contribution >= 0.6 is 0 Å². The summed E-state index contributed by atoms with van der Waals surface area (Å²) >= 11 is 0. The highest BCUT2D eigenvalue weighted by Crippen LogP contribution is 2.20. The number of benzene rings is 2. The summed E-state index contributed by atoms with van der Waals surface area (Å²) in [6.45, 7) is 3.64. The Morgan fingerprint density at radius 1 is 1.03 bits per heavy atom. The number of hydrogen-bond acceptors (Lipinski definition) is 4. The number of nitrogens with one attached hydrogen (secondary N) is 2. The molecule has 1 heterocycles. The third kappa shape index (κ3) is 6.57. The van der Waals surface area contributed by atoms with E-state index in [1.165, 1.54) is 0 Å². The molecule has 1 aliphatic heterocycles. The van der Waals surface area contributed by atoms with Crippen molar-refractivity contribution in [1.29, 1.82) is 0 Å². The third-order valence-electron chi connectivity index (χ3n) is 5.25. The number of piperidine rings is 1. The summed E-state index contributed by atoms with van der Waals surface area (Å²) in [6, 6.07) is 16.2. The van der Waals surface area contributed by atoms with Crippen molar-refractivity contribution in [1.82, 2.24) is 10.2 Å². The van der Waals surface area contributed by atoms with Gasteiger partial charge in [-0.15, -0.1) is 0 Å². The Bertz CT molecular complexity index is 893. The maximum absolute atomic E-state index is 12.7. The van der Waals surface area contributed by atoms with E-state index < -0.39 is 0 Å². The van der Waals surface area contributed by atoms with Crippen LogP contribution < -0.4 is 15.4 Å². The molecule has 3 amide bonds. The first kappa shape index (κ1) is 22.3. The van der Waals surface area contributed by atoms with Crippen LogP contribution in [0.25, 0.3) is 0 Å². The van der Waals surface area contributed by atoms with Gasteiger partial charge < -0.3 is 20.3 Å². The molecule has 0 bridgehead atoms. The number of amides is 3. The molecule has 0 aromatic heterocycles. The maximum atomic E-state index is 12.7. The first-order chi connectivity index (χ1) is 15.1. The van der Waals surface area contributed by atoms with Crippen molar-refractivity contribution >= 4 is 23.4 Å². The fourth-order valence-corrected chi connectivity index (χ4v) is 3.47. The topological polar surface area (TPSA) is 87.7 Å². The molecule has 0 aliphatic carbocycles. The summed E-state index contributed by atoms with van der Waals surface area (Å²) in [6.07, 6.45) is 2.06. The standard InChI is InChI=1S/C24H29N3O4/c1-2-13-25-23(29)19-7-6-8-20(16-19)26-24(30)18-11-14-27(15-12-18)22(28)17-31-21-9-4-3-5-10-21/h3-10,16,18H,2,11-15,17H2,1H3,(H,25,29)(H,26,30). The molecule has 7 nitrogen and oxygen atoms in total. The molecule has 164 valence electrons. The van der Waals surface area contributed by atoms with E-state index in [1.807, 2.05) is 37.3 Å². The largest absolute Gasteiger partial charge is 0.484 e. The van der Waals surface area contributed by atoms with Gasteiger partial charge >= 0.3 is 0 Å². The van der Waals surface area contributed by atoms with Crippen LogP contribution in [0.1, 0.15) is 36.5 Å². The minimum atomic E-state index is -0.170. The van der Waals surface area contributed by atoms with Crippen LogP contribution in [-0.4, -0.2) is 48.9 Å². The van der Waals surface area contributed by atoms with Crippen LogP contribution in [0, 0.1) is 5.92 Å². The fourth-order valence-electron chi connectivity index (χ4n) is 3.47. The molecular formula is C24H29N3O4. The monoisotopic (exact) mass is 423 g/mol. The van der Waals surface area contributed by atoms with Gasteiger partial charge in [0.2, 0.25) is 5.91 Å². The minimum Gasteiger partial charge on any atom is -0.484 e. The number of likely N-dealkylation sites (tertiary alicyclic amines) is 1. The van der Waals surface area contributed by atoms with Crippen LogP contribution in [0.3, 0.4) is 0 Å². The predicted molar refractivity (Wildman–Crippen MR) is 119 cm³/mol. The Labute approximate surface area is 182 Å². The lowest BCUT2D eigenvalue weighted by atomic mass is 9.95. The number of rotatable bonds is 8. The quantitative estimate of drug-likeness (QED) is 0.683. The molecule has 2 aromatic carbocycles. The molecule has 1 saturated heterocycles. The van der Waals surface area contributed by atoms with Gasteiger partial charge in [-0.3, -0.25) is 14.4 Å². The van der Waals surface area contributed by atoms with Crippen molar-refractivity contribution < 1.29 is 19.1 Å². The van der Waals surface area contributed by atoms with Crippen molar-refractivity contribution in [2.75, 3.05) is 31.6 Å². The third-order valence-corrected chi connectivity index (χ3v) is 5.25. The molecule has 7 heteroatoms. The van der Waals surface area contributed by atoms with Crippen molar-refractivity contribution in [3.05, 3.63) is 60.2 Å². The van der Waals surface area contributed by atoms with Gasteiger partial charge in [0.05, 0.1) is 0 Å². The highest BCUT2D eigenvalue weighted by atomic mass is 16.5. The van der Waals surface area contributed by atoms with Gasteiger partial charge in [0.15, 0.2) is 6.61 Å². The lowest BCUT2D eigenvalue weighted by molar-refractivity contribution is -0.136. The van der Waals surface area contributed by atoms with E-state index >= 15 is 0 Å². The Morgan fingerprint density at radius 2 is 1.77 bits per heavy atom. The lowest BCUT2D eigenvalue weighted by Gasteiger charge is -2.31. The first-order valence-electron chi connectivity index (χ1n) is 10.7. The zero-order valence-electron chi connectivity index (χ0n) is 17.8. The van der Waals surface area contributed by atoms with Gasteiger partial charge in [0.1, 0.15) is 5.75 Å². The van der Waals surface area contributed by atoms with Crippen LogP contribution in [0.15, 0.2) is 54.6 Å². The molecule has 0 saturated carbocycles. The number of carbonyl (C=O) groups is 3. The second-order valence-corrected chi connectivity index (χ2v) is 7.58. The molecule has 0 atom stereocenters. The van der Waals surface area contributed by atoms with E-state index in [2.05, 4.69) is 10.6 Å². The van der Waals surface area contributed by atoms with Gasteiger partial charge in [-0.05, 0) is 49.6 Å². The Balaban J connectivity index is 1.46. The number of hydrogen-bond donors (Lipinski definition) is 2. The first-order valence-corrected chi connectivity index (χ1v) is 10.7. The van der Waals surface area contributed by atoms with Gasteiger partial charge in [-0.2, -0.15) is 0 Å². The number of ether oxygens (including phenoxy) is 1. The Kier molecular flexibility index (Phi) is 8.04. The van der Waals surface area contributed by atoms with E-state index in [4.69, 9.17) is 4.74 Å². The van der Waals surface area contributed by atoms with E-state index in [1.54, 1.807) is 29.2 Å². The summed E-state index contributed by atoms with van der Waals surface area (Å²) in [4.78, 5) is 38.9. The Morgan fingerprint density at radius 3 is 2.48 bits per heavy atom. The molecule has 0 unspecified atom stereocenters. The number of carbonyl (C=O) groups excluding carboxylic acids is 3. The highest BCUT2D eigenvalue weighted by Gasteiger charge is 2.27. The van der Waals surface area contributed by atoms with Crippen molar-refractivity contribution in [3.63, 3.8) is 0 Å². The van der Waals surface area contributed by atoms with E-state index in [-0.39, 0.29) is 30.2 Å². The Hall–Kier alpha value is -3.35. The molecule has 0 spiro atoms. The zero-order chi connectivity index (χ0) is 22.1. The van der Waals surface area contributed by atoms with E-state index in [0.29, 0.717) is 49.5 Å². The summed E-state index contributed by atoms with van der Waals surface area (Å²) in [5.41, 5.74) is 1.12. The van der Waals surface area contributed by atoms with Crippen molar-refractivity contribution in [2.24, 2.45) is 5.92 Å². The van der Waals surface area contributed by atoms with Crippen LogP contribution in [0.5, 0.6) is 5.75 Å². The summed E-state index contributed by atoms with van der Waals surface area (Å²) in [5.74, 6) is 0.183. The van der Waals surface area contributed by atoms with Crippen molar-refractivity contribution in [3.8, 4) is 5.75 Å². The average Bonchev–Trinajstić information content (AvgIpc) is 2.82. The molecule has 1 fully saturated rings. The zero-order valence-corrected chi connectivity index (χ0v) is 17.8. The van der Waals surface area contributed by atoms with E-state index in [9.17, 15) is 14.4 Å². The average molecular weight is 424 g/mol. The lowest BCUT2D eigenvalue weighted by Crippen LogP contribution is -2.43. The molecule has 3 rings (SSSR count). The maximum Gasteiger partial charge on any atom is 0.260 e.